The van der Waals surface area contributed by atoms with Gasteiger partial charge in [0.15, 0.2) is 18.1 Å². The van der Waals surface area contributed by atoms with Gasteiger partial charge >= 0.3 is 11.8 Å². The topological polar surface area (TPSA) is 54.0 Å². The van der Waals surface area contributed by atoms with Crippen molar-refractivity contribution in [2.75, 3.05) is 20.3 Å². The highest BCUT2D eigenvalue weighted by atomic mass is 16.8. The van der Waals surface area contributed by atoms with Gasteiger partial charge in [0.1, 0.15) is 0 Å². The van der Waals surface area contributed by atoms with Gasteiger partial charge in [-0.05, 0) is 19.1 Å². The van der Waals surface area contributed by atoms with Crippen molar-refractivity contribution in [1.82, 2.24) is 0 Å². The summed E-state index contributed by atoms with van der Waals surface area (Å²) in [5.74, 6) is -1.05. The lowest BCUT2D eigenvalue weighted by Crippen LogP contribution is -2.54. The number of benzene rings is 1. The molecule has 2 rings (SSSR count). The molecule has 0 aromatic heterocycles. The van der Waals surface area contributed by atoms with Crippen molar-refractivity contribution in [3.63, 3.8) is 0 Å². The van der Waals surface area contributed by atoms with Crippen molar-refractivity contribution in [3.05, 3.63) is 24.3 Å². The second-order valence-corrected chi connectivity index (χ2v) is 3.51. The lowest BCUT2D eigenvalue weighted by Gasteiger charge is -2.34. The summed E-state index contributed by atoms with van der Waals surface area (Å²) in [6, 6.07) is 7.10. The minimum Gasteiger partial charge on any atom is -0.482 e. The number of fused-ring (bicyclic) bond motifs is 1. The number of hydrogen-bond donors (Lipinski definition) is 0. The predicted molar refractivity (Wildman–Crippen MR) is 58.9 cm³/mol. The number of carbonyl (C=O) groups is 1. The molecule has 0 fully saturated rings. The maximum atomic E-state index is 11.7. The first kappa shape index (κ1) is 11.7. The number of ether oxygens (including phenoxy) is 4. The maximum absolute atomic E-state index is 11.7. The number of carbonyl (C=O) groups excluding carboxylic acids is 1. The van der Waals surface area contributed by atoms with Gasteiger partial charge in [-0.25, -0.2) is 4.79 Å². The van der Waals surface area contributed by atoms with Crippen LogP contribution < -0.4 is 9.47 Å². The van der Waals surface area contributed by atoms with E-state index in [1.807, 2.05) is 6.07 Å². The SMILES string of the molecule is CCOC1(C(=O)OC)COc2ccccc2O1. The largest absolute Gasteiger partial charge is 0.482 e. The Hall–Kier alpha value is -1.75. The van der Waals surface area contributed by atoms with Crippen LogP contribution in [-0.2, 0) is 14.3 Å². The first-order valence-corrected chi connectivity index (χ1v) is 5.35. The van der Waals surface area contributed by atoms with Crippen molar-refractivity contribution in [1.29, 1.82) is 0 Å². The zero-order valence-corrected chi connectivity index (χ0v) is 9.76. The van der Waals surface area contributed by atoms with Crippen LogP contribution >= 0.6 is 0 Å². The number of esters is 1. The zero-order valence-electron chi connectivity index (χ0n) is 9.76. The molecule has 1 aliphatic rings. The molecule has 1 unspecified atom stereocenters. The molecule has 5 heteroatoms. The van der Waals surface area contributed by atoms with Crippen LogP contribution in [0.2, 0.25) is 0 Å². The summed E-state index contributed by atoms with van der Waals surface area (Å²) in [4.78, 5) is 11.7. The highest BCUT2D eigenvalue weighted by Gasteiger charge is 2.48. The highest BCUT2D eigenvalue weighted by molar-refractivity contribution is 5.79. The molecule has 0 amide bonds. The fourth-order valence-corrected chi connectivity index (χ4v) is 1.65. The van der Waals surface area contributed by atoms with Gasteiger partial charge in [-0.15, -0.1) is 0 Å². The van der Waals surface area contributed by atoms with Crippen LogP contribution in [0.25, 0.3) is 0 Å². The highest BCUT2D eigenvalue weighted by Crippen LogP contribution is 2.35. The monoisotopic (exact) mass is 238 g/mol. The summed E-state index contributed by atoms with van der Waals surface area (Å²) < 4.78 is 21.1. The molecule has 0 saturated heterocycles. The standard InChI is InChI=1S/C12H14O5/c1-3-16-12(11(13)14-2)8-15-9-6-4-5-7-10(9)17-12/h4-7H,3,8H2,1-2H3. The van der Waals surface area contributed by atoms with E-state index in [0.29, 0.717) is 18.1 Å². The van der Waals surface area contributed by atoms with Crippen molar-refractivity contribution >= 4 is 5.97 Å². The Morgan fingerprint density at radius 1 is 1.41 bits per heavy atom. The van der Waals surface area contributed by atoms with Crippen molar-refractivity contribution in [2.24, 2.45) is 0 Å². The summed E-state index contributed by atoms with van der Waals surface area (Å²) in [7, 11) is 1.28. The summed E-state index contributed by atoms with van der Waals surface area (Å²) in [5, 5.41) is 0. The molecule has 1 atom stereocenters. The Balaban J connectivity index is 2.30. The molecule has 1 aliphatic heterocycles. The smallest absolute Gasteiger partial charge is 0.383 e. The molecule has 0 bridgehead atoms. The van der Waals surface area contributed by atoms with Crippen LogP contribution in [0.1, 0.15) is 6.92 Å². The predicted octanol–water partition coefficient (Wildman–Crippen LogP) is 1.36. The van der Waals surface area contributed by atoms with E-state index in [1.54, 1.807) is 25.1 Å². The molecule has 0 saturated carbocycles. The Morgan fingerprint density at radius 3 is 2.76 bits per heavy atom. The van der Waals surface area contributed by atoms with E-state index in [9.17, 15) is 4.79 Å². The molecule has 1 heterocycles. The van der Waals surface area contributed by atoms with Crippen molar-refractivity contribution < 1.29 is 23.7 Å². The third-order valence-electron chi connectivity index (χ3n) is 2.42. The molecule has 0 radical (unpaired) electrons. The molecular formula is C12H14O5. The Labute approximate surface area is 99.2 Å². The van der Waals surface area contributed by atoms with Crippen LogP contribution in [0, 0.1) is 0 Å². The second kappa shape index (κ2) is 4.63. The molecule has 0 aliphatic carbocycles. The Morgan fingerprint density at radius 2 is 2.12 bits per heavy atom. The number of hydrogen-bond acceptors (Lipinski definition) is 5. The minimum atomic E-state index is -1.50. The molecule has 17 heavy (non-hydrogen) atoms. The van der Waals surface area contributed by atoms with E-state index in [4.69, 9.17) is 18.9 Å². The summed E-state index contributed by atoms with van der Waals surface area (Å²) in [5.41, 5.74) is 0. The first-order chi connectivity index (χ1) is 8.22. The van der Waals surface area contributed by atoms with E-state index in [2.05, 4.69) is 0 Å². The third-order valence-corrected chi connectivity index (χ3v) is 2.42. The molecule has 5 nitrogen and oxygen atoms in total. The molecule has 1 aromatic rings. The van der Waals surface area contributed by atoms with Crippen molar-refractivity contribution in [3.8, 4) is 11.5 Å². The fraction of sp³-hybridized carbons (Fsp3) is 0.417. The van der Waals surface area contributed by atoms with Crippen LogP contribution in [0.3, 0.4) is 0 Å². The number of methoxy groups -OCH3 is 1. The zero-order chi connectivity index (χ0) is 12.3. The van der Waals surface area contributed by atoms with Gasteiger partial charge in [0.2, 0.25) is 0 Å². The summed E-state index contributed by atoms with van der Waals surface area (Å²) >= 11 is 0. The Bertz CT molecular complexity index is 417. The average molecular weight is 238 g/mol. The van der Waals surface area contributed by atoms with E-state index in [0.717, 1.165) is 0 Å². The second-order valence-electron chi connectivity index (χ2n) is 3.51. The van der Waals surface area contributed by atoms with Crippen LogP contribution in [-0.4, -0.2) is 32.1 Å². The van der Waals surface area contributed by atoms with Gasteiger partial charge in [0, 0.05) is 6.61 Å². The van der Waals surface area contributed by atoms with Crippen molar-refractivity contribution in [2.45, 2.75) is 12.7 Å². The first-order valence-electron chi connectivity index (χ1n) is 5.35. The van der Waals surface area contributed by atoms with Crippen LogP contribution in [0.5, 0.6) is 11.5 Å². The molecule has 0 spiro atoms. The summed E-state index contributed by atoms with van der Waals surface area (Å²) in [6.07, 6.45) is 0. The van der Waals surface area contributed by atoms with Crippen LogP contribution in [0.15, 0.2) is 24.3 Å². The Kier molecular flexibility index (Phi) is 3.19. The molecule has 0 N–H and O–H groups in total. The van der Waals surface area contributed by atoms with Gasteiger partial charge in [0.25, 0.3) is 0 Å². The average Bonchev–Trinajstić information content (AvgIpc) is 2.38. The van der Waals surface area contributed by atoms with E-state index >= 15 is 0 Å². The van der Waals surface area contributed by atoms with Gasteiger partial charge in [0.05, 0.1) is 7.11 Å². The number of para-hydroxylation sites is 2. The normalized spacial score (nSPS) is 22.0. The fourth-order valence-electron chi connectivity index (χ4n) is 1.65. The minimum absolute atomic E-state index is 0.0233. The van der Waals surface area contributed by atoms with Gasteiger partial charge in [-0.2, -0.15) is 0 Å². The van der Waals surface area contributed by atoms with Crippen LogP contribution in [0.4, 0.5) is 0 Å². The molecule has 92 valence electrons. The third kappa shape index (κ3) is 2.06. The maximum Gasteiger partial charge on any atom is 0.383 e. The van der Waals surface area contributed by atoms with E-state index < -0.39 is 11.8 Å². The van der Waals surface area contributed by atoms with Gasteiger partial charge in [-0.1, -0.05) is 12.1 Å². The molecule has 1 aromatic carbocycles. The van der Waals surface area contributed by atoms with E-state index in [-0.39, 0.29) is 6.61 Å². The van der Waals surface area contributed by atoms with E-state index in [1.165, 1.54) is 7.11 Å². The van der Waals surface area contributed by atoms with Gasteiger partial charge in [-0.3, -0.25) is 0 Å². The summed E-state index contributed by atoms with van der Waals surface area (Å²) in [6.45, 7) is 2.07. The lowest BCUT2D eigenvalue weighted by molar-refractivity contribution is -0.229. The lowest BCUT2D eigenvalue weighted by atomic mass is 10.2. The molecular weight excluding hydrogens is 224 g/mol. The number of rotatable bonds is 3. The quantitative estimate of drug-likeness (QED) is 0.744. The van der Waals surface area contributed by atoms with Gasteiger partial charge < -0.3 is 18.9 Å².